The molecule has 2 heterocycles. The summed E-state index contributed by atoms with van der Waals surface area (Å²) in [5.74, 6) is -0.0268. The lowest BCUT2D eigenvalue weighted by molar-refractivity contribution is -0.131. The second-order valence-corrected chi connectivity index (χ2v) is 3.12. The summed E-state index contributed by atoms with van der Waals surface area (Å²) in [5.41, 5.74) is 1.98. The summed E-state index contributed by atoms with van der Waals surface area (Å²) < 4.78 is 0. The smallest absolute Gasteiger partial charge is 0.328 e. The Balaban J connectivity index is 2.25. The minimum absolute atomic E-state index is 0.829. The molecule has 0 aliphatic carbocycles. The molecule has 2 N–H and O–H groups in total. The summed E-state index contributed by atoms with van der Waals surface area (Å²) in [5, 5.41) is 11.6. The molecule has 0 bridgehead atoms. The molecule has 14 heavy (non-hydrogen) atoms. The summed E-state index contributed by atoms with van der Waals surface area (Å²) in [6.45, 7) is 0.911. The molecule has 0 spiro atoms. The van der Waals surface area contributed by atoms with E-state index in [1.807, 2.05) is 6.07 Å². The number of pyridine rings is 1. The van der Waals surface area contributed by atoms with E-state index in [9.17, 15) is 4.79 Å². The molecule has 0 unspecified atom stereocenters. The van der Waals surface area contributed by atoms with Crippen molar-refractivity contribution in [1.29, 1.82) is 0 Å². The number of carboxylic acid groups (broad SMARTS) is 1. The average Bonchev–Trinajstić information content (AvgIpc) is 2.61. The lowest BCUT2D eigenvalue weighted by atomic mass is 10.1. The van der Waals surface area contributed by atoms with Crippen molar-refractivity contribution in [3.05, 3.63) is 29.5 Å². The van der Waals surface area contributed by atoms with Gasteiger partial charge in [-0.25, -0.2) is 9.78 Å². The number of fused-ring (bicyclic) bond motifs is 1. The van der Waals surface area contributed by atoms with Gasteiger partial charge in [0.15, 0.2) is 0 Å². The van der Waals surface area contributed by atoms with Crippen LogP contribution in [-0.4, -0.2) is 22.6 Å². The van der Waals surface area contributed by atoms with E-state index in [1.165, 1.54) is 0 Å². The fourth-order valence-electron chi connectivity index (χ4n) is 1.45. The number of aromatic nitrogens is 1. The lowest BCUT2D eigenvalue weighted by Crippen LogP contribution is -1.92. The Hall–Kier alpha value is -1.84. The normalized spacial score (nSPS) is 14.0. The molecule has 0 atom stereocenters. The third-order valence-electron chi connectivity index (χ3n) is 2.09. The van der Waals surface area contributed by atoms with Crippen LogP contribution in [0.25, 0.3) is 6.08 Å². The number of carboxylic acids is 1. The Morgan fingerprint density at radius 1 is 1.64 bits per heavy atom. The molecule has 0 amide bonds. The molecular formula is C10H10N2O2. The first-order valence-electron chi connectivity index (χ1n) is 4.39. The van der Waals surface area contributed by atoms with Crippen LogP contribution in [-0.2, 0) is 11.2 Å². The maximum Gasteiger partial charge on any atom is 0.328 e. The van der Waals surface area contributed by atoms with Gasteiger partial charge in [-0.2, -0.15) is 0 Å². The first-order chi connectivity index (χ1) is 6.75. The Morgan fingerprint density at radius 3 is 3.29 bits per heavy atom. The standard InChI is InChI=1S/C10H10N2O2/c13-9(14)2-1-7-5-8-3-4-11-10(8)12-6-7/h1-2,5-6H,3-4H2,(H,11,12)(H,13,14)/b2-1+. The Bertz CT molecular complexity index is 399. The van der Waals surface area contributed by atoms with Crippen molar-refractivity contribution in [3.63, 3.8) is 0 Å². The van der Waals surface area contributed by atoms with Crippen molar-refractivity contribution < 1.29 is 9.90 Å². The summed E-state index contributed by atoms with van der Waals surface area (Å²) in [7, 11) is 0. The minimum atomic E-state index is -0.941. The van der Waals surface area contributed by atoms with Crippen molar-refractivity contribution in [3.8, 4) is 0 Å². The second-order valence-electron chi connectivity index (χ2n) is 3.12. The van der Waals surface area contributed by atoms with E-state index in [2.05, 4.69) is 10.3 Å². The fourth-order valence-corrected chi connectivity index (χ4v) is 1.45. The Kier molecular flexibility index (Phi) is 2.18. The molecule has 0 saturated carbocycles. The molecular weight excluding hydrogens is 180 g/mol. The van der Waals surface area contributed by atoms with Crippen molar-refractivity contribution in [2.75, 3.05) is 11.9 Å². The summed E-state index contributed by atoms with van der Waals surface area (Å²) in [6.07, 6.45) is 5.29. The first kappa shape index (κ1) is 8.74. The van der Waals surface area contributed by atoms with Gasteiger partial charge in [0.1, 0.15) is 5.82 Å². The quantitative estimate of drug-likeness (QED) is 0.686. The van der Waals surface area contributed by atoms with Crippen LogP contribution < -0.4 is 5.32 Å². The van der Waals surface area contributed by atoms with E-state index >= 15 is 0 Å². The van der Waals surface area contributed by atoms with Crippen LogP contribution in [0.4, 0.5) is 5.82 Å². The highest BCUT2D eigenvalue weighted by Gasteiger charge is 2.10. The van der Waals surface area contributed by atoms with Crippen LogP contribution in [0.15, 0.2) is 18.3 Å². The lowest BCUT2D eigenvalue weighted by Gasteiger charge is -1.98. The maximum absolute atomic E-state index is 10.3. The number of hydrogen-bond donors (Lipinski definition) is 2. The van der Waals surface area contributed by atoms with Crippen LogP contribution in [0.3, 0.4) is 0 Å². The van der Waals surface area contributed by atoms with Gasteiger partial charge in [-0.15, -0.1) is 0 Å². The molecule has 0 fully saturated rings. The zero-order valence-electron chi connectivity index (χ0n) is 7.53. The van der Waals surface area contributed by atoms with Crippen LogP contribution in [0.5, 0.6) is 0 Å². The van der Waals surface area contributed by atoms with E-state index in [0.29, 0.717) is 0 Å². The summed E-state index contributed by atoms with van der Waals surface area (Å²) in [4.78, 5) is 14.5. The van der Waals surface area contributed by atoms with Crippen LogP contribution in [0, 0.1) is 0 Å². The van der Waals surface area contributed by atoms with Gasteiger partial charge in [-0.05, 0) is 29.7 Å². The molecule has 1 aliphatic heterocycles. The van der Waals surface area contributed by atoms with Crippen molar-refractivity contribution in [2.45, 2.75) is 6.42 Å². The number of aliphatic carboxylic acids is 1. The van der Waals surface area contributed by atoms with Gasteiger partial charge >= 0.3 is 5.97 Å². The van der Waals surface area contributed by atoms with E-state index in [0.717, 1.165) is 36.0 Å². The number of nitrogens with zero attached hydrogens (tertiary/aromatic N) is 1. The summed E-state index contributed by atoms with van der Waals surface area (Å²) >= 11 is 0. The highest BCUT2D eigenvalue weighted by atomic mass is 16.4. The minimum Gasteiger partial charge on any atom is -0.478 e. The van der Waals surface area contributed by atoms with Gasteiger partial charge in [0.25, 0.3) is 0 Å². The highest BCUT2D eigenvalue weighted by molar-refractivity contribution is 5.85. The Labute approximate surface area is 81.3 Å². The van der Waals surface area contributed by atoms with E-state index < -0.39 is 5.97 Å². The third kappa shape index (κ3) is 1.74. The zero-order valence-corrected chi connectivity index (χ0v) is 7.53. The predicted octanol–water partition coefficient (Wildman–Crippen LogP) is 1.15. The molecule has 1 aromatic rings. The molecule has 0 radical (unpaired) electrons. The van der Waals surface area contributed by atoms with E-state index in [1.54, 1.807) is 12.3 Å². The number of hydrogen-bond acceptors (Lipinski definition) is 3. The van der Waals surface area contributed by atoms with Crippen molar-refractivity contribution in [1.82, 2.24) is 4.98 Å². The van der Waals surface area contributed by atoms with Gasteiger partial charge < -0.3 is 10.4 Å². The first-order valence-corrected chi connectivity index (χ1v) is 4.39. The maximum atomic E-state index is 10.3. The van der Waals surface area contributed by atoms with Crippen LogP contribution in [0.1, 0.15) is 11.1 Å². The number of nitrogens with one attached hydrogen (secondary N) is 1. The highest BCUT2D eigenvalue weighted by Crippen LogP contribution is 2.20. The van der Waals surface area contributed by atoms with Gasteiger partial charge in [0, 0.05) is 18.8 Å². The monoisotopic (exact) mass is 190 g/mol. The topological polar surface area (TPSA) is 62.2 Å². The van der Waals surface area contributed by atoms with Gasteiger partial charge in [0.05, 0.1) is 0 Å². The molecule has 1 aliphatic rings. The SMILES string of the molecule is O=C(O)/C=C/c1cnc2c(c1)CCN2. The molecule has 0 saturated heterocycles. The number of carbonyl (C=O) groups is 1. The predicted molar refractivity (Wildman–Crippen MR) is 53.1 cm³/mol. The van der Waals surface area contributed by atoms with Crippen molar-refractivity contribution in [2.24, 2.45) is 0 Å². The molecule has 0 aromatic carbocycles. The average molecular weight is 190 g/mol. The van der Waals surface area contributed by atoms with E-state index in [-0.39, 0.29) is 0 Å². The number of anilines is 1. The fraction of sp³-hybridized carbons (Fsp3) is 0.200. The largest absolute Gasteiger partial charge is 0.478 e. The zero-order chi connectivity index (χ0) is 9.97. The molecule has 1 aromatic heterocycles. The number of rotatable bonds is 2. The van der Waals surface area contributed by atoms with Gasteiger partial charge in [-0.1, -0.05) is 0 Å². The molecule has 4 nitrogen and oxygen atoms in total. The van der Waals surface area contributed by atoms with Gasteiger partial charge in [-0.3, -0.25) is 0 Å². The van der Waals surface area contributed by atoms with Crippen molar-refractivity contribution >= 4 is 17.9 Å². The molecule has 4 heteroatoms. The van der Waals surface area contributed by atoms with Crippen LogP contribution >= 0.6 is 0 Å². The van der Waals surface area contributed by atoms with Crippen LogP contribution in [0.2, 0.25) is 0 Å². The third-order valence-corrected chi connectivity index (χ3v) is 2.09. The molecule has 2 rings (SSSR count). The summed E-state index contributed by atoms with van der Waals surface area (Å²) in [6, 6.07) is 1.96. The Morgan fingerprint density at radius 2 is 2.50 bits per heavy atom. The molecule has 72 valence electrons. The van der Waals surface area contributed by atoms with Gasteiger partial charge in [0.2, 0.25) is 0 Å². The van der Waals surface area contributed by atoms with E-state index in [4.69, 9.17) is 5.11 Å². The second kappa shape index (κ2) is 3.49.